The Kier molecular flexibility index (Phi) is 7.54. The van der Waals surface area contributed by atoms with Crippen LogP contribution in [0.5, 0.6) is 0 Å². The predicted octanol–water partition coefficient (Wildman–Crippen LogP) is 2.63. The highest BCUT2D eigenvalue weighted by Crippen LogP contribution is 2.26. The van der Waals surface area contributed by atoms with E-state index in [0.717, 1.165) is 0 Å². The Bertz CT molecular complexity index is 343. The van der Waals surface area contributed by atoms with Gasteiger partial charge in [0.05, 0.1) is 0 Å². The first-order valence-electron chi connectivity index (χ1n) is 7.30. The molecule has 4 heteroatoms. The van der Waals surface area contributed by atoms with Crippen LogP contribution in [0, 0.1) is 17.8 Å². The van der Waals surface area contributed by atoms with E-state index in [4.69, 9.17) is 5.73 Å². The molecular weight excluding hydrogens is 252 g/mol. The molecule has 0 aromatic heterocycles. The molecule has 0 heterocycles. The number of hydrogen-bond donors (Lipinski definition) is 2. The molecule has 0 aromatic rings. The maximum absolute atomic E-state index is 12.5. The van der Waals surface area contributed by atoms with Gasteiger partial charge in [-0.05, 0) is 46.0 Å². The van der Waals surface area contributed by atoms with Gasteiger partial charge >= 0.3 is 0 Å². The molecule has 4 nitrogen and oxygen atoms in total. The van der Waals surface area contributed by atoms with E-state index in [2.05, 4.69) is 11.9 Å². The monoisotopic (exact) mass is 282 g/mol. The van der Waals surface area contributed by atoms with Crippen LogP contribution in [0.4, 0.5) is 0 Å². The van der Waals surface area contributed by atoms with E-state index in [-0.39, 0.29) is 17.4 Å². The van der Waals surface area contributed by atoms with E-state index >= 15 is 0 Å². The number of amides is 2. The molecule has 0 bridgehead atoms. The minimum atomic E-state index is -0.433. The maximum atomic E-state index is 12.5. The Hall–Kier alpha value is -1.32. The summed E-state index contributed by atoms with van der Waals surface area (Å²) in [7, 11) is 0. The molecular formula is C16H30N2O2. The highest BCUT2D eigenvalue weighted by Gasteiger charge is 2.33. The van der Waals surface area contributed by atoms with Gasteiger partial charge < -0.3 is 11.1 Å². The lowest BCUT2D eigenvalue weighted by atomic mass is 9.81. The van der Waals surface area contributed by atoms with Crippen LogP contribution in [-0.2, 0) is 9.59 Å². The summed E-state index contributed by atoms with van der Waals surface area (Å²) in [6.45, 7) is 13.5. The summed E-state index contributed by atoms with van der Waals surface area (Å²) in [4.78, 5) is 24.2. The number of nitrogens with one attached hydrogen (secondary N) is 1. The van der Waals surface area contributed by atoms with Crippen LogP contribution in [0.3, 0.4) is 0 Å². The molecule has 0 radical (unpaired) electrons. The SMILES string of the molecule is C=CCC[C@H](C(N)=O)C(CC(C)C)C(=O)NC(C)(C)C. The summed E-state index contributed by atoms with van der Waals surface area (Å²) >= 11 is 0. The molecule has 0 aliphatic rings. The fourth-order valence-electron chi connectivity index (χ4n) is 2.26. The average Bonchev–Trinajstić information content (AvgIpc) is 2.24. The van der Waals surface area contributed by atoms with E-state index in [1.165, 1.54) is 0 Å². The Labute approximate surface area is 123 Å². The van der Waals surface area contributed by atoms with E-state index < -0.39 is 11.8 Å². The van der Waals surface area contributed by atoms with Crippen molar-refractivity contribution in [1.82, 2.24) is 5.32 Å². The molecule has 0 rings (SSSR count). The van der Waals surface area contributed by atoms with E-state index in [1.54, 1.807) is 6.08 Å². The van der Waals surface area contributed by atoms with Gasteiger partial charge in [-0.3, -0.25) is 9.59 Å². The van der Waals surface area contributed by atoms with Crippen LogP contribution < -0.4 is 11.1 Å². The van der Waals surface area contributed by atoms with Crippen LogP contribution >= 0.6 is 0 Å². The van der Waals surface area contributed by atoms with Gasteiger partial charge in [0.1, 0.15) is 0 Å². The van der Waals surface area contributed by atoms with Crippen LogP contribution in [0.1, 0.15) is 53.9 Å². The Balaban J connectivity index is 5.12. The zero-order valence-corrected chi connectivity index (χ0v) is 13.5. The lowest BCUT2D eigenvalue weighted by Crippen LogP contribution is -2.48. The molecule has 1 unspecified atom stereocenters. The summed E-state index contributed by atoms with van der Waals surface area (Å²) in [5, 5.41) is 2.96. The summed E-state index contributed by atoms with van der Waals surface area (Å²) in [5.41, 5.74) is 5.19. The topological polar surface area (TPSA) is 72.2 Å². The van der Waals surface area contributed by atoms with Crippen LogP contribution in [0.15, 0.2) is 12.7 Å². The van der Waals surface area contributed by atoms with Crippen molar-refractivity contribution in [3.63, 3.8) is 0 Å². The van der Waals surface area contributed by atoms with Crippen molar-refractivity contribution in [2.75, 3.05) is 0 Å². The van der Waals surface area contributed by atoms with Crippen molar-refractivity contribution >= 4 is 11.8 Å². The van der Waals surface area contributed by atoms with Crippen LogP contribution in [-0.4, -0.2) is 17.4 Å². The Morgan fingerprint density at radius 2 is 1.80 bits per heavy atom. The van der Waals surface area contributed by atoms with Crippen molar-refractivity contribution in [3.05, 3.63) is 12.7 Å². The molecule has 3 N–H and O–H groups in total. The first kappa shape index (κ1) is 18.7. The second-order valence-corrected chi connectivity index (χ2v) is 6.85. The van der Waals surface area contributed by atoms with E-state index in [9.17, 15) is 9.59 Å². The van der Waals surface area contributed by atoms with Gasteiger partial charge in [0, 0.05) is 17.4 Å². The van der Waals surface area contributed by atoms with Gasteiger partial charge in [-0.15, -0.1) is 6.58 Å². The number of allylic oxidation sites excluding steroid dienone is 1. The fourth-order valence-corrected chi connectivity index (χ4v) is 2.26. The predicted molar refractivity (Wildman–Crippen MR) is 83.0 cm³/mol. The first-order valence-corrected chi connectivity index (χ1v) is 7.30. The third-order valence-electron chi connectivity index (χ3n) is 3.09. The normalized spacial score (nSPS) is 14.7. The van der Waals surface area contributed by atoms with E-state index in [1.807, 2.05) is 34.6 Å². The van der Waals surface area contributed by atoms with Gasteiger partial charge in [-0.2, -0.15) is 0 Å². The molecule has 0 aliphatic heterocycles. The Morgan fingerprint density at radius 1 is 1.25 bits per heavy atom. The van der Waals surface area contributed by atoms with Gasteiger partial charge in [-0.25, -0.2) is 0 Å². The smallest absolute Gasteiger partial charge is 0.224 e. The van der Waals surface area contributed by atoms with E-state index in [0.29, 0.717) is 25.2 Å². The highest BCUT2D eigenvalue weighted by atomic mass is 16.2. The molecule has 0 saturated carbocycles. The first-order chi connectivity index (χ1) is 9.08. The quantitative estimate of drug-likeness (QED) is 0.672. The highest BCUT2D eigenvalue weighted by molar-refractivity contribution is 5.87. The molecule has 0 aliphatic carbocycles. The number of nitrogens with two attached hydrogens (primary N) is 1. The summed E-state index contributed by atoms with van der Waals surface area (Å²) in [6, 6.07) is 0. The molecule has 20 heavy (non-hydrogen) atoms. The van der Waals surface area contributed by atoms with Gasteiger partial charge in [0.2, 0.25) is 11.8 Å². The van der Waals surface area contributed by atoms with Gasteiger partial charge in [-0.1, -0.05) is 19.9 Å². The summed E-state index contributed by atoms with van der Waals surface area (Å²) in [6.07, 6.45) is 3.68. The minimum absolute atomic E-state index is 0.0842. The van der Waals surface area contributed by atoms with Crippen LogP contribution in [0.25, 0.3) is 0 Å². The zero-order chi connectivity index (χ0) is 15.9. The maximum Gasteiger partial charge on any atom is 0.224 e. The lowest BCUT2D eigenvalue weighted by Gasteiger charge is -2.29. The number of carbonyl (C=O) groups is 2. The average molecular weight is 282 g/mol. The molecule has 2 amide bonds. The summed E-state index contributed by atoms with van der Waals surface area (Å²) < 4.78 is 0. The molecule has 0 aromatic carbocycles. The van der Waals surface area contributed by atoms with Crippen molar-refractivity contribution in [3.8, 4) is 0 Å². The standard InChI is InChI=1S/C16H30N2O2/c1-7-8-9-12(14(17)19)13(10-11(2)3)15(20)18-16(4,5)6/h7,11-13H,1,8-10H2,2-6H3,(H2,17,19)(H,18,20)/t12-,13?/m0/s1. The van der Waals surface area contributed by atoms with Gasteiger partial charge in [0.15, 0.2) is 0 Å². The van der Waals surface area contributed by atoms with Crippen LogP contribution in [0.2, 0.25) is 0 Å². The largest absolute Gasteiger partial charge is 0.369 e. The second kappa shape index (κ2) is 8.08. The number of primary amides is 1. The number of hydrogen-bond acceptors (Lipinski definition) is 2. The molecule has 0 spiro atoms. The second-order valence-electron chi connectivity index (χ2n) is 6.85. The molecule has 0 fully saturated rings. The van der Waals surface area contributed by atoms with Crippen molar-refractivity contribution < 1.29 is 9.59 Å². The Morgan fingerprint density at radius 3 is 2.15 bits per heavy atom. The minimum Gasteiger partial charge on any atom is -0.369 e. The van der Waals surface area contributed by atoms with Gasteiger partial charge in [0.25, 0.3) is 0 Å². The molecule has 116 valence electrons. The van der Waals surface area contributed by atoms with Crippen molar-refractivity contribution in [1.29, 1.82) is 0 Å². The summed E-state index contributed by atoms with van der Waals surface area (Å²) in [5.74, 6) is -0.957. The van der Waals surface area contributed by atoms with Crippen molar-refractivity contribution in [2.45, 2.75) is 59.4 Å². The lowest BCUT2D eigenvalue weighted by molar-refractivity contribution is -0.135. The molecule has 2 atom stereocenters. The number of rotatable bonds is 8. The molecule has 0 saturated heterocycles. The number of carbonyl (C=O) groups excluding carboxylic acids is 2. The third kappa shape index (κ3) is 7.31. The van der Waals surface area contributed by atoms with Crippen molar-refractivity contribution in [2.24, 2.45) is 23.5 Å². The zero-order valence-electron chi connectivity index (χ0n) is 13.5. The third-order valence-corrected chi connectivity index (χ3v) is 3.09. The fraction of sp³-hybridized carbons (Fsp3) is 0.750.